The molecular formula is C5H12NO2PS. The number of nitrogens with one attached hydrogen (secondary N) is 1. The molecule has 1 atom stereocenters. The van der Waals surface area contributed by atoms with Gasteiger partial charge < -0.3 is 9.05 Å². The molecule has 60 valence electrons. The molecule has 1 N–H and O–H groups in total. The number of hydrogen-bond acceptors (Lipinski definition) is 3. The van der Waals surface area contributed by atoms with E-state index < -0.39 is 6.64 Å². The molecule has 0 spiro atoms. The van der Waals surface area contributed by atoms with Gasteiger partial charge in [-0.3, -0.25) is 0 Å². The van der Waals surface area contributed by atoms with E-state index in [0.29, 0.717) is 6.61 Å². The van der Waals surface area contributed by atoms with Crippen molar-refractivity contribution < 1.29 is 9.05 Å². The Kier molecular flexibility index (Phi) is 3.27. The molecule has 0 amide bonds. The van der Waals surface area contributed by atoms with Crippen molar-refractivity contribution in [1.29, 1.82) is 0 Å². The summed E-state index contributed by atoms with van der Waals surface area (Å²) in [6.07, 6.45) is 1.03. The van der Waals surface area contributed by atoms with Crippen LogP contribution in [0.15, 0.2) is 0 Å². The summed E-state index contributed by atoms with van der Waals surface area (Å²) in [4.78, 5) is 0. The van der Waals surface area contributed by atoms with Crippen molar-refractivity contribution in [3.8, 4) is 0 Å². The van der Waals surface area contributed by atoms with Crippen molar-refractivity contribution in [2.75, 3.05) is 19.8 Å². The molecule has 1 unspecified atom stereocenters. The van der Waals surface area contributed by atoms with E-state index in [2.05, 4.69) is 5.09 Å². The SMILES string of the molecule is CCOP1(=S)NCCCO1. The van der Waals surface area contributed by atoms with E-state index in [9.17, 15) is 0 Å². The van der Waals surface area contributed by atoms with Gasteiger partial charge >= 0.3 is 0 Å². The lowest BCUT2D eigenvalue weighted by atomic mass is 10.5. The summed E-state index contributed by atoms with van der Waals surface area (Å²) in [5, 5.41) is 3.08. The zero-order chi connectivity index (χ0) is 7.45. The minimum atomic E-state index is -2.03. The van der Waals surface area contributed by atoms with Crippen LogP contribution in [0.2, 0.25) is 0 Å². The van der Waals surface area contributed by atoms with Gasteiger partial charge in [0.15, 0.2) is 0 Å². The van der Waals surface area contributed by atoms with Crippen LogP contribution < -0.4 is 5.09 Å². The molecule has 1 rings (SSSR count). The molecular weight excluding hydrogens is 169 g/mol. The molecule has 1 saturated heterocycles. The van der Waals surface area contributed by atoms with E-state index in [-0.39, 0.29) is 0 Å². The van der Waals surface area contributed by atoms with Gasteiger partial charge in [0.2, 0.25) is 0 Å². The molecule has 0 bridgehead atoms. The van der Waals surface area contributed by atoms with Crippen LogP contribution in [-0.4, -0.2) is 19.8 Å². The molecule has 0 aromatic heterocycles. The van der Waals surface area contributed by atoms with Crippen molar-refractivity contribution >= 4 is 18.4 Å². The molecule has 1 aliphatic heterocycles. The van der Waals surface area contributed by atoms with E-state index in [0.717, 1.165) is 19.6 Å². The molecule has 0 radical (unpaired) electrons. The first kappa shape index (κ1) is 8.62. The van der Waals surface area contributed by atoms with Gasteiger partial charge in [-0.15, -0.1) is 0 Å². The lowest BCUT2D eigenvalue weighted by Gasteiger charge is -2.26. The monoisotopic (exact) mass is 181 g/mol. The lowest BCUT2D eigenvalue weighted by Crippen LogP contribution is -2.22. The second-order valence-electron chi connectivity index (χ2n) is 2.01. The number of hydrogen-bond donors (Lipinski definition) is 1. The van der Waals surface area contributed by atoms with Crippen LogP contribution in [-0.2, 0) is 20.9 Å². The third-order valence-corrected chi connectivity index (χ3v) is 3.94. The summed E-state index contributed by atoms with van der Waals surface area (Å²) < 4.78 is 10.6. The van der Waals surface area contributed by atoms with Crippen molar-refractivity contribution in [2.45, 2.75) is 13.3 Å². The fourth-order valence-corrected chi connectivity index (χ4v) is 2.98. The molecule has 10 heavy (non-hydrogen) atoms. The largest absolute Gasteiger partial charge is 0.318 e. The van der Waals surface area contributed by atoms with Crippen molar-refractivity contribution in [1.82, 2.24) is 5.09 Å². The second-order valence-corrected chi connectivity index (χ2v) is 5.28. The van der Waals surface area contributed by atoms with E-state index >= 15 is 0 Å². The first-order valence-corrected chi connectivity index (χ1v) is 6.05. The first-order chi connectivity index (χ1) is 4.77. The van der Waals surface area contributed by atoms with Crippen molar-refractivity contribution in [2.24, 2.45) is 0 Å². The van der Waals surface area contributed by atoms with Gasteiger partial charge in [0.25, 0.3) is 6.64 Å². The fraction of sp³-hybridized carbons (Fsp3) is 1.00. The third-order valence-electron chi connectivity index (χ3n) is 1.19. The standard InChI is InChI=1S/C5H12NO2PS/c1-2-7-9(10)6-4-3-5-8-9/h2-5H2,1H3,(H,6,10). The average molecular weight is 181 g/mol. The van der Waals surface area contributed by atoms with Gasteiger partial charge in [0, 0.05) is 6.54 Å². The molecule has 0 aliphatic carbocycles. The van der Waals surface area contributed by atoms with Crippen LogP contribution in [0.3, 0.4) is 0 Å². The molecule has 5 heteroatoms. The maximum absolute atomic E-state index is 5.30. The molecule has 1 heterocycles. The highest BCUT2D eigenvalue weighted by atomic mass is 32.5. The highest BCUT2D eigenvalue weighted by Gasteiger charge is 2.20. The Labute approximate surface area is 66.3 Å². The predicted octanol–water partition coefficient (Wildman–Crippen LogP) is 1.26. The molecule has 0 saturated carbocycles. The summed E-state index contributed by atoms with van der Waals surface area (Å²) in [6.45, 7) is 2.19. The molecule has 0 aromatic rings. The predicted molar refractivity (Wildman–Crippen MR) is 44.5 cm³/mol. The van der Waals surface area contributed by atoms with Gasteiger partial charge in [-0.25, -0.2) is 5.09 Å². The normalized spacial score (nSPS) is 34.1. The van der Waals surface area contributed by atoms with Crippen molar-refractivity contribution in [3.05, 3.63) is 0 Å². The Bertz CT molecular complexity index is 134. The van der Waals surface area contributed by atoms with Crippen LogP contribution in [0.5, 0.6) is 0 Å². The Hall–Kier alpha value is 0.530. The average Bonchev–Trinajstić information content (AvgIpc) is 1.89. The van der Waals surface area contributed by atoms with Gasteiger partial charge in [0.1, 0.15) is 0 Å². The zero-order valence-corrected chi connectivity index (χ0v) is 7.71. The van der Waals surface area contributed by atoms with Crippen LogP contribution in [0.1, 0.15) is 13.3 Å². The van der Waals surface area contributed by atoms with Crippen LogP contribution >= 0.6 is 6.64 Å². The lowest BCUT2D eigenvalue weighted by molar-refractivity contribution is 0.228. The smallest absolute Gasteiger partial charge is 0.261 e. The maximum atomic E-state index is 5.30. The molecule has 0 aromatic carbocycles. The quantitative estimate of drug-likeness (QED) is 0.649. The van der Waals surface area contributed by atoms with E-state index in [4.69, 9.17) is 20.9 Å². The second kappa shape index (κ2) is 3.79. The van der Waals surface area contributed by atoms with Gasteiger partial charge in [-0.05, 0) is 25.2 Å². The van der Waals surface area contributed by atoms with Gasteiger partial charge in [0.05, 0.1) is 13.2 Å². The molecule has 1 fully saturated rings. The Morgan fingerprint density at radius 1 is 1.80 bits per heavy atom. The third kappa shape index (κ3) is 2.29. The maximum Gasteiger partial charge on any atom is 0.261 e. The fourth-order valence-electron chi connectivity index (χ4n) is 0.771. The van der Waals surface area contributed by atoms with E-state index in [1.54, 1.807) is 0 Å². The summed E-state index contributed by atoms with van der Waals surface area (Å²) >= 11 is 5.11. The summed E-state index contributed by atoms with van der Waals surface area (Å²) in [7, 11) is 0. The van der Waals surface area contributed by atoms with Crippen LogP contribution in [0, 0.1) is 0 Å². The van der Waals surface area contributed by atoms with E-state index in [1.807, 2.05) is 6.92 Å². The Balaban J connectivity index is 2.41. The highest BCUT2D eigenvalue weighted by Crippen LogP contribution is 2.45. The molecule has 3 nitrogen and oxygen atoms in total. The van der Waals surface area contributed by atoms with Gasteiger partial charge in [-0.1, -0.05) is 0 Å². The summed E-state index contributed by atoms with van der Waals surface area (Å²) in [6, 6.07) is 0. The topological polar surface area (TPSA) is 30.5 Å². The minimum absolute atomic E-state index is 0.629. The first-order valence-electron chi connectivity index (χ1n) is 3.41. The van der Waals surface area contributed by atoms with Gasteiger partial charge in [-0.2, -0.15) is 0 Å². The zero-order valence-electron chi connectivity index (χ0n) is 6.00. The van der Waals surface area contributed by atoms with Crippen LogP contribution in [0.4, 0.5) is 0 Å². The summed E-state index contributed by atoms with van der Waals surface area (Å²) in [5.74, 6) is 0. The molecule has 1 aliphatic rings. The minimum Gasteiger partial charge on any atom is -0.318 e. The van der Waals surface area contributed by atoms with Crippen LogP contribution in [0.25, 0.3) is 0 Å². The Morgan fingerprint density at radius 2 is 2.60 bits per heavy atom. The van der Waals surface area contributed by atoms with E-state index in [1.165, 1.54) is 0 Å². The summed E-state index contributed by atoms with van der Waals surface area (Å²) in [5.41, 5.74) is 0. The number of rotatable bonds is 2. The Morgan fingerprint density at radius 3 is 3.10 bits per heavy atom. The van der Waals surface area contributed by atoms with Crippen molar-refractivity contribution in [3.63, 3.8) is 0 Å². The highest BCUT2D eigenvalue weighted by molar-refractivity contribution is 8.09.